The van der Waals surface area contributed by atoms with Crippen LogP contribution in [0.25, 0.3) is 0 Å². The minimum Gasteiger partial charge on any atom is -0.353 e. The fraction of sp³-hybridized carbons (Fsp3) is 0.450. The zero-order chi connectivity index (χ0) is 19.5. The van der Waals surface area contributed by atoms with Crippen LogP contribution in [0.15, 0.2) is 30.5 Å². The van der Waals surface area contributed by atoms with Crippen molar-refractivity contribution in [2.45, 2.75) is 19.8 Å². The van der Waals surface area contributed by atoms with Crippen molar-refractivity contribution >= 4 is 35.1 Å². The molecule has 2 aromatic rings. The van der Waals surface area contributed by atoms with Gasteiger partial charge in [-0.1, -0.05) is 17.7 Å². The summed E-state index contributed by atoms with van der Waals surface area (Å²) in [6.07, 6.45) is 4.23. The third-order valence-corrected chi connectivity index (χ3v) is 5.59. The van der Waals surface area contributed by atoms with E-state index in [0.29, 0.717) is 23.8 Å². The number of aryl methyl sites for hydroxylation is 1. The largest absolute Gasteiger partial charge is 0.353 e. The van der Waals surface area contributed by atoms with Gasteiger partial charge in [0.1, 0.15) is 5.82 Å². The maximum Gasteiger partial charge on any atom is 0.322 e. The molecular formula is C20H25ClN6O. The lowest BCUT2D eigenvalue weighted by Gasteiger charge is -2.35. The van der Waals surface area contributed by atoms with Crippen LogP contribution in [0.2, 0.25) is 5.02 Å². The number of urea groups is 1. The highest BCUT2D eigenvalue weighted by atomic mass is 35.5. The maximum absolute atomic E-state index is 12.6. The van der Waals surface area contributed by atoms with E-state index in [0.717, 1.165) is 43.5 Å². The summed E-state index contributed by atoms with van der Waals surface area (Å²) < 4.78 is 0. The van der Waals surface area contributed by atoms with Gasteiger partial charge in [0, 0.05) is 45.5 Å². The molecule has 2 fully saturated rings. The topological polar surface area (TPSA) is 64.6 Å². The number of hydrogen-bond acceptors (Lipinski definition) is 5. The van der Waals surface area contributed by atoms with Crippen LogP contribution in [0.5, 0.6) is 0 Å². The third kappa shape index (κ3) is 4.14. The molecule has 0 atom stereocenters. The Morgan fingerprint density at radius 1 is 1.04 bits per heavy atom. The van der Waals surface area contributed by atoms with Gasteiger partial charge in [0.25, 0.3) is 0 Å². The van der Waals surface area contributed by atoms with E-state index in [1.807, 2.05) is 42.3 Å². The zero-order valence-corrected chi connectivity index (χ0v) is 16.8. The standard InChI is InChI=1S/C20H25ClN6O/c1-15-4-5-17(16(21)14-15)23-20(28)27-12-10-25(11-13-27)18-6-7-22-19(24-18)26-8-2-3-9-26/h4-7,14H,2-3,8-13H2,1H3,(H,23,28). The van der Waals surface area contributed by atoms with Crippen molar-refractivity contribution in [2.24, 2.45) is 0 Å². The van der Waals surface area contributed by atoms with E-state index in [1.54, 1.807) is 0 Å². The molecule has 0 radical (unpaired) electrons. The molecule has 4 rings (SSSR count). The summed E-state index contributed by atoms with van der Waals surface area (Å²) >= 11 is 6.22. The number of carbonyl (C=O) groups is 1. The first-order valence-electron chi connectivity index (χ1n) is 9.75. The van der Waals surface area contributed by atoms with Crippen LogP contribution in [0.4, 0.5) is 22.2 Å². The molecule has 148 valence electrons. The van der Waals surface area contributed by atoms with E-state index in [9.17, 15) is 4.79 Å². The molecule has 0 spiro atoms. The van der Waals surface area contributed by atoms with Crippen LogP contribution in [-0.2, 0) is 0 Å². The first-order valence-corrected chi connectivity index (χ1v) is 10.1. The highest BCUT2D eigenvalue weighted by Gasteiger charge is 2.23. The van der Waals surface area contributed by atoms with Crippen LogP contribution in [0, 0.1) is 6.92 Å². The fourth-order valence-corrected chi connectivity index (χ4v) is 3.92. The normalized spacial score (nSPS) is 17.1. The molecule has 7 nitrogen and oxygen atoms in total. The molecule has 0 aliphatic carbocycles. The predicted molar refractivity (Wildman–Crippen MR) is 112 cm³/mol. The Labute approximate surface area is 170 Å². The summed E-state index contributed by atoms with van der Waals surface area (Å²) in [4.78, 5) is 28.0. The van der Waals surface area contributed by atoms with E-state index in [1.165, 1.54) is 12.8 Å². The smallest absolute Gasteiger partial charge is 0.322 e. The second kappa shape index (κ2) is 8.22. The van der Waals surface area contributed by atoms with Crippen molar-refractivity contribution in [1.82, 2.24) is 14.9 Å². The molecular weight excluding hydrogens is 376 g/mol. The molecule has 3 heterocycles. The Hall–Kier alpha value is -2.54. The van der Waals surface area contributed by atoms with Crippen LogP contribution < -0.4 is 15.1 Å². The van der Waals surface area contributed by atoms with Crippen LogP contribution in [-0.4, -0.2) is 60.2 Å². The second-order valence-electron chi connectivity index (χ2n) is 7.30. The first kappa shape index (κ1) is 18.8. The fourth-order valence-electron chi connectivity index (χ4n) is 3.64. The molecule has 0 unspecified atom stereocenters. The minimum absolute atomic E-state index is 0.120. The number of rotatable bonds is 3. The molecule has 2 amide bonds. The predicted octanol–water partition coefficient (Wildman–Crippen LogP) is 3.39. The molecule has 28 heavy (non-hydrogen) atoms. The van der Waals surface area contributed by atoms with Crippen molar-refractivity contribution in [3.8, 4) is 0 Å². The van der Waals surface area contributed by atoms with Crippen molar-refractivity contribution in [3.63, 3.8) is 0 Å². The SMILES string of the molecule is Cc1ccc(NC(=O)N2CCN(c3ccnc(N4CCCC4)n3)CC2)c(Cl)c1. The Morgan fingerprint density at radius 3 is 2.50 bits per heavy atom. The lowest BCUT2D eigenvalue weighted by Crippen LogP contribution is -2.50. The number of halogens is 1. The number of benzene rings is 1. The van der Waals surface area contributed by atoms with Crippen molar-refractivity contribution in [3.05, 3.63) is 41.0 Å². The minimum atomic E-state index is -0.120. The van der Waals surface area contributed by atoms with Gasteiger partial charge in [-0.15, -0.1) is 0 Å². The summed E-state index contributed by atoms with van der Waals surface area (Å²) in [7, 11) is 0. The molecule has 2 aliphatic heterocycles. The molecule has 2 aliphatic rings. The molecule has 8 heteroatoms. The second-order valence-corrected chi connectivity index (χ2v) is 7.70. The maximum atomic E-state index is 12.6. The van der Waals surface area contributed by atoms with Gasteiger partial charge >= 0.3 is 6.03 Å². The molecule has 2 saturated heterocycles. The Bertz CT molecular complexity index is 846. The van der Waals surface area contributed by atoms with Gasteiger partial charge in [0.15, 0.2) is 0 Å². The Morgan fingerprint density at radius 2 is 1.79 bits per heavy atom. The van der Waals surface area contributed by atoms with E-state index >= 15 is 0 Å². The third-order valence-electron chi connectivity index (χ3n) is 5.27. The van der Waals surface area contributed by atoms with Crippen LogP contribution in [0.1, 0.15) is 18.4 Å². The van der Waals surface area contributed by atoms with Gasteiger partial charge < -0.3 is 20.0 Å². The van der Waals surface area contributed by atoms with Gasteiger partial charge in [-0.05, 0) is 43.5 Å². The monoisotopic (exact) mass is 400 g/mol. The van der Waals surface area contributed by atoms with Crippen molar-refractivity contribution in [1.29, 1.82) is 0 Å². The lowest BCUT2D eigenvalue weighted by molar-refractivity contribution is 0.208. The van der Waals surface area contributed by atoms with E-state index < -0.39 is 0 Å². The van der Waals surface area contributed by atoms with E-state index in [4.69, 9.17) is 16.6 Å². The number of anilines is 3. The van der Waals surface area contributed by atoms with Gasteiger partial charge in [0.2, 0.25) is 5.95 Å². The molecule has 0 bridgehead atoms. The number of nitrogens with one attached hydrogen (secondary N) is 1. The van der Waals surface area contributed by atoms with E-state index in [-0.39, 0.29) is 6.03 Å². The number of carbonyl (C=O) groups excluding carboxylic acids is 1. The number of nitrogens with zero attached hydrogens (tertiary/aromatic N) is 5. The van der Waals surface area contributed by atoms with Gasteiger partial charge in [-0.3, -0.25) is 0 Å². The summed E-state index contributed by atoms with van der Waals surface area (Å²) in [6, 6.07) is 7.45. The number of amides is 2. The highest BCUT2D eigenvalue weighted by molar-refractivity contribution is 6.33. The Kier molecular flexibility index (Phi) is 5.52. The lowest BCUT2D eigenvalue weighted by atomic mass is 10.2. The first-order chi connectivity index (χ1) is 13.6. The molecule has 0 saturated carbocycles. The quantitative estimate of drug-likeness (QED) is 0.855. The van der Waals surface area contributed by atoms with Gasteiger partial charge in [0.05, 0.1) is 10.7 Å². The van der Waals surface area contributed by atoms with Crippen LogP contribution in [0.3, 0.4) is 0 Å². The van der Waals surface area contributed by atoms with Crippen molar-refractivity contribution in [2.75, 3.05) is 54.4 Å². The molecule has 1 aromatic heterocycles. The summed E-state index contributed by atoms with van der Waals surface area (Å²) in [5.41, 5.74) is 1.71. The van der Waals surface area contributed by atoms with Crippen molar-refractivity contribution < 1.29 is 4.79 Å². The zero-order valence-electron chi connectivity index (χ0n) is 16.1. The average molecular weight is 401 g/mol. The number of aromatic nitrogens is 2. The number of hydrogen-bond donors (Lipinski definition) is 1. The molecule has 1 aromatic carbocycles. The van der Waals surface area contributed by atoms with Gasteiger partial charge in [-0.25, -0.2) is 9.78 Å². The Balaban J connectivity index is 1.35. The molecule has 1 N–H and O–H groups in total. The summed E-state index contributed by atoms with van der Waals surface area (Å²) in [5.74, 6) is 1.74. The average Bonchev–Trinajstić information content (AvgIpc) is 3.25. The van der Waals surface area contributed by atoms with Crippen LogP contribution >= 0.6 is 11.6 Å². The number of piperazine rings is 1. The van der Waals surface area contributed by atoms with Gasteiger partial charge in [-0.2, -0.15) is 4.98 Å². The summed E-state index contributed by atoms with van der Waals surface area (Å²) in [5, 5.41) is 3.47. The summed E-state index contributed by atoms with van der Waals surface area (Å²) in [6.45, 7) is 6.78. The van der Waals surface area contributed by atoms with E-state index in [2.05, 4.69) is 20.1 Å². The highest BCUT2D eigenvalue weighted by Crippen LogP contribution is 2.24.